The summed E-state index contributed by atoms with van der Waals surface area (Å²) in [5.41, 5.74) is 4.81. The van der Waals surface area contributed by atoms with E-state index in [4.69, 9.17) is 10.8 Å². The number of carboxylic acids is 1. The van der Waals surface area contributed by atoms with Crippen LogP contribution in [0.3, 0.4) is 0 Å². The number of nitrogens with one attached hydrogen (secondary N) is 1. The van der Waals surface area contributed by atoms with Crippen molar-refractivity contribution in [3.63, 3.8) is 0 Å². The minimum atomic E-state index is -3.74. The first-order valence-corrected chi connectivity index (χ1v) is 5.26. The van der Waals surface area contributed by atoms with Gasteiger partial charge in [0.05, 0.1) is 0 Å². The van der Waals surface area contributed by atoms with Crippen LogP contribution in [0.15, 0.2) is 0 Å². The highest BCUT2D eigenvalue weighted by Crippen LogP contribution is 1.94. The highest BCUT2D eigenvalue weighted by molar-refractivity contribution is 7.90. The van der Waals surface area contributed by atoms with E-state index < -0.39 is 27.3 Å². The number of carboxylic acid groups (broad SMARTS) is 1. The molecule has 0 atom stereocenters. The molecule has 0 aliphatic heterocycles. The van der Waals surface area contributed by atoms with Gasteiger partial charge in [0.1, 0.15) is 0 Å². The number of hydrogen-bond donors (Lipinski definition) is 3. The third-order valence-corrected chi connectivity index (χ3v) is 2.27. The third-order valence-electron chi connectivity index (χ3n) is 1.06. The summed E-state index contributed by atoms with van der Waals surface area (Å²) in [6.07, 6.45) is 0. The van der Waals surface area contributed by atoms with E-state index in [9.17, 15) is 13.2 Å². The summed E-state index contributed by atoms with van der Waals surface area (Å²) < 4.78 is 24.0. The predicted molar refractivity (Wildman–Crippen MR) is 47.7 cm³/mol. The molecule has 0 rings (SSSR count). The zero-order valence-electron chi connectivity index (χ0n) is 7.57. The van der Waals surface area contributed by atoms with Gasteiger partial charge >= 0.3 is 5.97 Å². The lowest BCUT2D eigenvalue weighted by Gasteiger charge is -2.18. The SMILES string of the molecule is CC(C)(N)CNS(=O)(=O)CC(=O)O. The molecule has 0 aliphatic rings. The summed E-state index contributed by atoms with van der Waals surface area (Å²) in [5.74, 6) is -2.31. The Balaban J connectivity index is 4.13. The topological polar surface area (TPSA) is 109 Å². The van der Waals surface area contributed by atoms with E-state index in [2.05, 4.69) is 4.72 Å². The van der Waals surface area contributed by atoms with Crippen molar-refractivity contribution in [1.29, 1.82) is 0 Å². The van der Waals surface area contributed by atoms with Gasteiger partial charge in [-0.15, -0.1) is 0 Å². The maximum absolute atomic E-state index is 10.9. The molecule has 0 aromatic carbocycles. The van der Waals surface area contributed by atoms with Crippen LogP contribution in [-0.2, 0) is 14.8 Å². The first kappa shape index (κ1) is 12.3. The normalized spacial score (nSPS) is 12.8. The summed E-state index contributed by atoms with van der Waals surface area (Å²) in [7, 11) is -3.74. The standard InChI is InChI=1S/C6H14N2O4S/c1-6(2,7)4-8-13(11,12)3-5(9)10/h8H,3-4,7H2,1-2H3,(H,9,10). The van der Waals surface area contributed by atoms with Crippen LogP contribution >= 0.6 is 0 Å². The predicted octanol–water partition coefficient (Wildman–Crippen LogP) is -1.27. The maximum atomic E-state index is 10.9. The molecule has 0 heterocycles. The van der Waals surface area contributed by atoms with Gasteiger partial charge in [0, 0.05) is 12.1 Å². The van der Waals surface area contributed by atoms with E-state index in [0.29, 0.717) is 0 Å². The summed E-state index contributed by atoms with van der Waals surface area (Å²) in [5, 5.41) is 8.23. The Bertz CT molecular complexity index is 277. The molecular weight excluding hydrogens is 196 g/mol. The number of carbonyl (C=O) groups is 1. The van der Waals surface area contributed by atoms with Crippen LogP contribution in [-0.4, -0.2) is 37.3 Å². The number of sulfonamides is 1. The van der Waals surface area contributed by atoms with Crippen LogP contribution in [0.2, 0.25) is 0 Å². The fraction of sp³-hybridized carbons (Fsp3) is 0.833. The summed E-state index contributed by atoms with van der Waals surface area (Å²) >= 11 is 0. The van der Waals surface area contributed by atoms with E-state index in [1.807, 2.05) is 0 Å². The lowest BCUT2D eigenvalue weighted by atomic mass is 10.1. The van der Waals surface area contributed by atoms with Crippen molar-refractivity contribution in [3.8, 4) is 0 Å². The van der Waals surface area contributed by atoms with E-state index in [1.54, 1.807) is 13.8 Å². The third kappa shape index (κ3) is 7.69. The number of aliphatic carboxylic acids is 1. The quantitative estimate of drug-likeness (QED) is 0.524. The summed E-state index contributed by atoms with van der Waals surface area (Å²) in [4.78, 5) is 10.1. The summed E-state index contributed by atoms with van der Waals surface area (Å²) in [6, 6.07) is 0. The lowest BCUT2D eigenvalue weighted by molar-refractivity contribution is -0.134. The fourth-order valence-corrected chi connectivity index (χ4v) is 1.53. The van der Waals surface area contributed by atoms with E-state index in [1.165, 1.54) is 0 Å². The number of hydrogen-bond acceptors (Lipinski definition) is 4. The molecule has 7 heteroatoms. The Morgan fingerprint density at radius 2 is 2.00 bits per heavy atom. The molecule has 0 aromatic rings. The van der Waals surface area contributed by atoms with Crippen molar-refractivity contribution in [1.82, 2.24) is 4.72 Å². The molecule has 0 saturated heterocycles. The molecule has 13 heavy (non-hydrogen) atoms. The molecule has 4 N–H and O–H groups in total. The van der Waals surface area contributed by atoms with Crippen LogP contribution in [0.25, 0.3) is 0 Å². The van der Waals surface area contributed by atoms with Crippen LogP contribution < -0.4 is 10.5 Å². The van der Waals surface area contributed by atoms with Crippen molar-refractivity contribution in [2.24, 2.45) is 5.73 Å². The van der Waals surface area contributed by atoms with Gasteiger partial charge in [-0.05, 0) is 13.8 Å². The first-order valence-electron chi connectivity index (χ1n) is 3.60. The average molecular weight is 210 g/mol. The minimum Gasteiger partial charge on any atom is -0.480 e. The molecule has 0 aliphatic carbocycles. The molecule has 0 radical (unpaired) electrons. The first-order chi connectivity index (χ1) is 5.62. The molecule has 0 aromatic heterocycles. The smallest absolute Gasteiger partial charge is 0.320 e. The van der Waals surface area contributed by atoms with Gasteiger partial charge in [-0.1, -0.05) is 0 Å². The molecule has 0 bridgehead atoms. The van der Waals surface area contributed by atoms with E-state index >= 15 is 0 Å². The number of rotatable bonds is 5. The average Bonchev–Trinajstić information content (AvgIpc) is 1.79. The van der Waals surface area contributed by atoms with Crippen molar-refractivity contribution in [3.05, 3.63) is 0 Å². The second-order valence-electron chi connectivity index (χ2n) is 3.46. The molecule has 6 nitrogen and oxygen atoms in total. The van der Waals surface area contributed by atoms with Crippen molar-refractivity contribution >= 4 is 16.0 Å². The zero-order valence-corrected chi connectivity index (χ0v) is 8.39. The van der Waals surface area contributed by atoms with Gasteiger partial charge in [-0.3, -0.25) is 4.79 Å². The van der Waals surface area contributed by atoms with Crippen molar-refractivity contribution in [2.75, 3.05) is 12.3 Å². The Hall–Kier alpha value is -0.660. The Kier molecular flexibility index (Phi) is 3.83. The van der Waals surface area contributed by atoms with Gasteiger partial charge in [0.2, 0.25) is 10.0 Å². The van der Waals surface area contributed by atoms with Crippen molar-refractivity contribution < 1.29 is 18.3 Å². The monoisotopic (exact) mass is 210 g/mol. The maximum Gasteiger partial charge on any atom is 0.320 e. The van der Waals surface area contributed by atoms with Gasteiger partial charge < -0.3 is 10.8 Å². The van der Waals surface area contributed by atoms with Crippen LogP contribution in [0.4, 0.5) is 0 Å². The van der Waals surface area contributed by atoms with Crippen LogP contribution in [0.1, 0.15) is 13.8 Å². The van der Waals surface area contributed by atoms with Gasteiger partial charge in [-0.25, -0.2) is 13.1 Å². The van der Waals surface area contributed by atoms with Gasteiger partial charge in [0.15, 0.2) is 5.75 Å². The Morgan fingerprint density at radius 3 is 2.31 bits per heavy atom. The Labute approximate surface area is 77.2 Å². The molecular formula is C6H14N2O4S. The lowest BCUT2D eigenvalue weighted by Crippen LogP contribution is -2.46. The zero-order chi connectivity index (χ0) is 10.7. The van der Waals surface area contributed by atoms with Crippen molar-refractivity contribution in [2.45, 2.75) is 19.4 Å². The van der Waals surface area contributed by atoms with Gasteiger partial charge in [-0.2, -0.15) is 0 Å². The molecule has 0 amide bonds. The van der Waals surface area contributed by atoms with E-state index in [-0.39, 0.29) is 6.54 Å². The summed E-state index contributed by atoms with van der Waals surface area (Å²) in [6.45, 7) is 3.29. The van der Waals surface area contributed by atoms with Gasteiger partial charge in [0.25, 0.3) is 0 Å². The molecule has 0 fully saturated rings. The molecule has 0 unspecified atom stereocenters. The highest BCUT2D eigenvalue weighted by atomic mass is 32.2. The van der Waals surface area contributed by atoms with Crippen LogP contribution in [0, 0.1) is 0 Å². The fourth-order valence-electron chi connectivity index (χ4n) is 0.510. The second-order valence-corrected chi connectivity index (χ2v) is 5.27. The highest BCUT2D eigenvalue weighted by Gasteiger charge is 2.19. The number of nitrogens with two attached hydrogens (primary N) is 1. The van der Waals surface area contributed by atoms with E-state index in [0.717, 1.165) is 0 Å². The largest absolute Gasteiger partial charge is 0.480 e. The Morgan fingerprint density at radius 1 is 1.54 bits per heavy atom. The minimum absolute atomic E-state index is 0.0165. The molecule has 0 spiro atoms. The van der Waals surface area contributed by atoms with Crippen LogP contribution in [0.5, 0.6) is 0 Å². The second kappa shape index (κ2) is 4.03. The molecule has 78 valence electrons. The molecule has 0 saturated carbocycles.